The Kier molecular flexibility index (Phi) is 4.27. The van der Waals surface area contributed by atoms with Crippen molar-refractivity contribution < 1.29 is 0 Å². The molecule has 104 valence electrons. The molecule has 0 bridgehead atoms. The Morgan fingerprint density at radius 3 is 2.65 bits per heavy atom. The molecule has 2 aromatic carbocycles. The van der Waals surface area contributed by atoms with E-state index in [-0.39, 0.29) is 6.04 Å². The molecule has 2 nitrogen and oxygen atoms in total. The Morgan fingerprint density at radius 1 is 0.950 bits per heavy atom. The molecule has 1 atom stereocenters. The van der Waals surface area contributed by atoms with Crippen LogP contribution in [0.4, 0.5) is 0 Å². The number of fused-ring (bicyclic) bond motifs is 1. The summed E-state index contributed by atoms with van der Waals surface area (Å²) in [7, 11) is 0. The van der Waals surface area contributed by atoms with Gasteiger partial charge in [0.15, 0.2) is 0 Å². The lowest BCUT2D eigenvalue weighted by Gasteiger charge is -2.25. The number of nitrogens with one attached hydrogen (secondary N) is 2. The maximum atomic E-state index is 6.16. The Morgan fingerprint density at radius 2 is 1.80 bits per heavy atom. The molecule has 0 saturated carbocycles. The fraction of sp³-hybridized carbons (Fsp3) is 0.250. The summed E-state index contributed by atoms with van der Waals surface area (Å²) in [6, 6.07) is 14.5. The summed E-state index contributed by atoms with van der Waals surface area (Å²) in [5.74, 6) is 0. The number of halogens is 2. The molecule has 0 radical (unpaired) electrons. The largest absolute Gasteiger partial charge is 0.311 e. The molecule has 1 aliphatic heterocycles. The number of benzene rings is 2. The third kappa shape index (κ3) is 2.84. The standard InChI is InChI=1S/C16H16Cl2N2/c17-14-6-5-11(9-15(14)18)16-13-4-2-1-3-12(13)10-19-7-8-20-16/h1-6,9,16,19-20H,7-8,10H2. The van der Waals surface area contributed by atoms with Crippen LogP contribution in [-0.2, 0) is 6.54 Å². The van der Waals surface area contributed by atoms with Crippen LogP contribution in [0.2, 0.25) is 10.0 Å². The van der Waals surface area contributed by atoms with E-state index in [1.54, 1.807) is 0 Å². The number of hydrogen-bond donors (Lipinski definition) is 2. The first-order valence-electron chi connectivity index (χ1n) is 6.72. The lowest BCUT2D eigenvalue weighted by Crippen LogP contribution is -2.34. The molecule has 20 heavy (non-hydrogen) atoms. The van der Waals surface area contributed by atoms with Crippen molar-refractivity contribution in [3.63, 3.8) is 0 Å². The van der Waals surface area contributed by atoms with E-state index in [0.717, 1.165) is 25.2 Å². The van der Waals surface area contributed by atoms with Crippen LogP contribution < -0.4 is 10.6 Å². The lowest BCUT2D eigenvalue weighted by molar-refractivity contribution is 0.538. The van der Waals surface area contributed by atoms with Gasteiger partial charge in [-0.2, -0.15) is 0 Å². The topological polar surface area (TPSA) is 24.1 Å². The third-order valence-electron chi connectivity index (χ3n) is 3.61. The summed E-state index contributed by atoms with van der Waals surface area (Å²) in [5, 5.41) is 8.20. The fourth-order valence-electron chi connectivity index (χ4n) is 2.60. The van der Waals surface area contributed by atoms with E-state index in [9.17, 15) is 0 Å². The lowest BCUT2D eigenvalue weighted by atomic mass is 9.93. The third-order valence-corrected chi connectivity index (χ3v) is 4.35. The molecular formula is C16H16Cl2N2. The predicted molar refractivity (Wildman–Crippen MR) is 84.5 cm³/mol. The highest BCUT2D eigenvalue weighted by Crippen LogP contribution is 2.30. The van der Waals surface area contributed by atoms with E-state index in [1.165, 1.54) is 11.1 Å². The van der Waals surface area contributed by atoms with E-state index in [4.69, 9.17) is 23.2 Å². The summed E-state index contributed by atoms with van der Waals surface area (Å²) in [5.41, 5.74) is 3.75. The quantitative estimate of drug-likeness (QED) is 0.838. The highest BCUT2D eigenvalue weighted by molar-refractivity contribution is 6.42. The van der Waals surface area contributed by atoms with Crippen molar-refractivity contribution in [1.82, 2.24) is 10.6 Å². The molecule has 1 aliphatic rings. The zero-order valence-electron chi connectivity index (χ0n) is 11.0. The van der Waals surface area contributed by atoms with Crippen molar-refractivity contribution in [3.05, 3.63) is 69.2 Å². The fourth-order valence-corrected chi connectivity index (χ4v) is 2.91. The summed E-state index contributed by atoms with van der Waals surface area (Å²) in [6.07, 6.45) is 0. The van der Waals surface area contributed by atoms with Gasteiger partial charge in [-0.25, -0.2) is 0 Å². The van der Waals surface area contributed by atoms with Gasteiger partial charge in [0.1, 0.15) is 0 Å². The minimum Gasteiger partial charge on any atom is -0.311 e. The zero-order valence-corrected chi connectivity index (χ0v) is 12.5. The van der Waals surface area contributed by atoms with Crippen molar-refractivity contribution in [2.45, 2.75) is 12.6 Å². The monoisotopic (exact) mass is 306 g/mol. The molecule has 1 unspecified atom stereocenters. The summed E-state index contributed by atoms with van der Waals surface area (Å²) in [4.78, 5) is 0. The maximum absolute atomic E-state index is 6.16. The van der Waals surface area contributed by atoms with Crippen LogP contribution in [0.5, 0.6) is 0 Å². The summed E-state index contributed by atoms with van der Waals surface area (Å²) in [6.45, 7) is 2.76. The van der Waals surface area contributed by atoms with Gasteiger partial charge in [-0.05, 0) is 28.8 Å². The smallest absolute Gasteiger partial charge is 0.0595 e. The molecule has 2 N–H and O–H groups in total. The number of hydrogen-bond acceptors (Lipinski definition) is 2. The number of rotatable bonds is 1. The van der Waals surface area contributed by atoms with E-state index in [1.807, 2.05) is 18.2 Å². The van der Waals surface area contributed by atoms with E-state index in [0.29, 0.717) is 10.0 Å². The second-order valence-electron chi connectivity index (χ2n) is 4.94. The van der Waals surface area contributed by atoms with Crippen molar-refractivity contribution in [2.24, 2.45) is 0 Å². The average molecular weight is 307 g/mol. The first kappa shape index (κ1) is 13.9. The van der Waals surface area contributed by atoms with Gasteiger partial charge in [-0.3, -0.25) is 0 Å². The molecule has 0 saturated heterocycles. The van der Waals surface area contributed by atoms with Crippen molar-refractivity contribution >= 4 is 23.2 Å². The summed E-state index contributed by atoms with van der Waals surface area (Å²) >= 11 is 12.2. The van der Waals surface area contributed by atoms with Gasteiger partial charge >= 0.3 is 0 Å². The van der Waals surface area contributed by atoms with Gasteiger partial charge in [0, 0.05) is 19.6 Å². The van der Waals surface area contributed by atoms with Crippen molar-refractivity contribution in [3.8, 4) is 0 Å². The second kappa shape index (κ2) is 6.15. The van der Waals surface area contributed by atoms with E-state index in [2.05, 4.69) is 34.9 Å². The van der Waals surface area contributed by atoms with Gasteiger partial charge in [0.05, 0.1) is 16.1 Å². The van der Waals surface area contributed by atoms with Crippen LogP contribution in [0, 0.1) is 0 Å². The highest BCUT2D eigenvalue weighted by Gasteiger charge is 2.19. The maximum Gasteiger partial charge on any atom is 0.0595 e. The van der Waals surface area contributed by atoms with Crippen LogP contribution in [0.3, 0.4) is 0 Å². The molecule has 4 heteroatoms. The van der Waals surface area contributed by atoms with Gasteiger partial charge in [-0.1, -0.05) is 53.5 Å². The Balaban J connectivity index is 2.05. The molecule has 3 rings (SSSR count). The molecule has 0 amide bonds. The first-order valence-corrected chi connectivity index (χ1v) is 7.48. The molecule has 1 heterocycles. The second-order valence-corrected chi connectivity index (χ2v) is 5.75. The highest BCUT2D eigenvalue weighted by atomic mass is 35.5. The van der Waals surface area contributed by atoms with Gasteiger partial charge in [0.2, 0.25) is 0 Å². The van der Waals surface area contributed by atoms with Crippen molar-refractivity contribution in [2.75, 3.05) is 13.1 Å². The van der Waals surface area contributed by atoms with Crippen molar-refractivity contribution in [1.29, 1.82) is 0 Å². The predicted octanol–water partition coefficient (Wildman–Crippen LogP) is 3.78. The minimum absolute atomic E-state index is 0.156. The molecule has 0 fully saturated rings. The van der Waals surface area contributed by atoms with E-state index < -0.39 is 0 Å². The molecule has 0 aliphatic carbocycles. The van der Waals surface area contributed by atoms with Gasteiger partial charge < -0.3 is 10.6 Å². The van der Waals surface area contributed by atoms with Crippen LogP contribution in [0.15, 0.2) is 42.5 Å². The van der Waals surface area contributed by atoms with E-state index >= 15 is 0 Å². The van der Waals surface area contributed by atoms with Crippen LogP contribution >= 0.6 is 23.2 Å². The molecule has 0 aromatic heterocycles. The Labute approximate surface area is 129 Å². The van der Waals surface area contributed by atoms with Crippen LogP contribution in [-0.4, -0.2) is 13.1 Å². The van der Waals surface area contributed by atoms with Gasteiger partial charge in [-0.15, -0.1) is 0 Å². The molecule has 2 aromatic rings. The zero-order chi connectivity index (χ0) is 13.9. The van der Waals surface area contributed by atoms with Crippen LogP contribution in [0.1, 0.15) is 22.7 Å². The Bertz CT molecular complexity index is 613. The molecule has 0 spiro atoms. The minimum atomic E-state index is 0.156. The normalized spacial score (nSPS) is 19.0. The Hall–Kier alpha value is -1.06. The SMILES string of the molecule is Clc1ccc(C2NCCNCc3ccccc32)cc1Cl. The average Bonchev–Trinajstić information content (AvgIpc) is 2.43. The first-order chi connectivity index (χ1) is 9.75. The van der Waals surface area contributed by atoms with Crippen LogP contribution in [0.25, 0.3) is 0 Å². The summed E-state index contributed by atoms with van der Waals surface area (Å²) < 4.78 is 0. The molecular weight excluding hydrogens is 291 g/mol. The van der Waals surface area contributed by atoms with Gasteiger partial charge in [0.25, 0.3) is 0 Å².